The number of hydrogen-bond acceptors (Lipinski definition) is 4. The van der Waals surface area contributed by atoms with Gasteiger partial charge in [-0.3, -0.25) is 4.90 Å². The maximum absolute atomic E-state index is 13.2. The topological polar surface area (TPSA) is 47.7 Å². The number of benzene rings is 1. The third-order valence-electron chi connectivity index (χ3n) is 3.23. The van der Waals surface area contributed by atoms with E-state index in [9.17, 15) is 4.39 Å². The first-order valence-corrected chi connectivity index (χ1v) is 6.65. The molecule has 1 heterocycles. The van der Waals surface area contributed by atoms with Crippen molar-refractivity contribution in [3.05, 3.63) is 29.6 Å². The highest BCUT2D eigenvalue weighted by Crippen LogP contribution is 2.24. The van der Waals surface area contributed by atoms with Crippen molar-refractivity contribution < 1.29 is 13.9 Å². The highest BCUT2D eigenvalue weighted by Gasteiger charge is 2.12. The van der Waals surface area contributed by atoms with Crippen molar-refractivity contribution in [3.8, 4) is 5.75 Å². The summed E-state index contributed by atoms with van der Waals surface area (Å²) in [5.74, 6) is 0.387. The summed E-state index contributed by atoms with van der Waals surface area (Å²) < 4.78 is 24.2. The first kappa shape index (κ1) is 14.2. The first-order valence-electron chi connectivity index (χ1n) is 6.65. The molecule has 106 valence electrons. The van der Waals surface area contributed by atoms with E-state index in [1.165, 1.54) is 12.1 Å². The molecule has 1 unspecified atom stereocenters. The number of halogens is 1. The lowest BCUT2D eigenvalue weighted by Gasteiger charge is -2.26. The third kappa shape index (κ3) is 4.16. The summed E-state index contributed by atoms with van der Waals surface area (Å²) in [4.78, 5) is 2.29. The van der Waals surface area contributed by atoms with E-state index in [2.05, 4.69) is 4.90 Å². The molecule has 5 heteroatoms. The summed E-state index contributed by atoms with van der Waals surface area (Å²) in [5.41, 5.74) is 6.53. The minimum absolute atomic E-state index is 0.242. The Balaban J connectivity index is 1.88. The largest absolute Gasteiger partial charge is 0.492 e. The SMILES string of the molecule is CC(N)c1cc(F)ccc1OCCN1CCOCC1. The fraction of sp³-hybridized carbons (Fsp3) is 0.571. The molecule has 19 heavy (non-hydrogen) atoms. The van der Waals surface area contributed by atoms with Gasteiger partial charge in [-0.15, -0.1) is 0 Å². The van der Waals surface area contributed by atoms with Crippen molar-refractivity contribution in [2.24, 2.45) is 5.73 Å². The highest BCUT2D eigenvalue weighted by molar-refractivity contribution is 5.36. The van der Waals surface area contributed by atoms with Crippen LogP contribution in [-0.4, -0.2) is 44.4 Å². The van der Waals surface area contributed by atoms with E-state index in [-0.39, 0.29) is 11.9 Å². The normalized spacial score (nSPS) is 18.3. The predicted molar refractivity (Wildman–Crippen MR) is 71.8 cm³/mol. The molecule has 0 saturated carbocycles. The van der Waals surface area contributed by atoms with Gasteiger partial charge in [-0.25, -0.2) is 4.39 Å². The predicted octanol–water partition coefficient (Wildman–Crippen LogP) is 1.56. The lowest BCUT2D eigenvalue weighted by atomic mass is 10.1. The van der Waals surface area contributed by atoms with Gasteiger partial charge in [0.1, 0.15) is 18.2 Å². The molecule has 0 amide bonds. The molecule has 0 spiro atoms. The van der Waals surface area contributed by atoms with Crippen molar-refractivity contribution >= 4 is 0 Å². The summed E-state index contributed by atoms with van der Waals surface area (Å²) in [6, 6.07) is 4.24. The van der Waals surface area contributed by atoms with E-state index in [0.29, 0.717) is 17.9 Å². The van der Waals surface area contributed by atoms with E-state index in [0.717, 1.165) is 32.8 Å². The van der Waals surface area contributed by atoms with Gasteiger partial charge in [0, 0.05) is 31.2 Å². The number of nitrogens with zero attached hydrogens (tertiary/aromatic N) is 1. The Morgan fingerprint density at radius 2 is 2.16 bits per heavy atom. The third-order valence-corrected chi connectivity index (χ3v) is 3.23. The lowest BCUT2D eigenvalue weighted by Crippen LogP contribution is -2.38. The minimum Gasteiger partial charge on any atom is -0.492 e. The molecule has 0 radical (unpaired) electrons. The summed E-state index contributed by atoms with van der Waals surface area (Å²) in [7, 11) is 0. The van der Waals surface area contributed by atoms with Crippen LogP contribution in [-0.2, 0) is 4.74 Å². The van der Waals surface area contributed by atoms with Gasteiger partial charge in [0.15, 0.2) is 0 Å². The van der Waals surface area contributed by atoms with Crippen LogP contribution >= 0.6 is 0 Å². The molecule has 1 saturated heterocycles. The quantitative estimate of drug-likeness (QED) is 0.880. The van der Waals surface area contributed by atoms with E-state index in [1.807, 2.05) is 6.92 Å². The molecule has 1 aromatic carbocycles. The van der Waals surface area contributed by atoms with Crippen LogP contribution in [0, 0.1) is 5.82 Å². The Labute approximate surface area is 113 Å². The molecule has 1 fully saturated rings. The molecule has 1 aliphatic heterocycles. The molecule has 1 aromatic rings. The zero-order valence-corrected chi connectivity index (χ0v) is 11.3. The molecule has 1 atom stereocenters. The van der Waals surface area contributed by atoms with Gasteiger partial charge in [0.2, 0.25) is 0 Å². The lowest BCUT2D eigenvalue weighted by molar-refractivity contribution is 0.0322. The van der Waals surface area contributed by atoms with Crippen molar-refractivity contribution in [1.82, 2.24) is 4.90 Å². The van der Waals surface area contributed by atoms with Crippen molar-refractivity contribution in [2.45, 2.75) is 13.0 Å². The summed E-state index contributed by atoms with van der Waals surface area (Å²) in [6.07, 6.45) is 0. The number of hydrogen-bond donors (Lipinski definition) is 1. The van der Waals surface area contributed by atoms with Gasteiger partial charge < -0.3 is 15.2 Å². The first-order chi connectivity index (χ1) is 9.16. The average molecular weight is 268 g/mol. The van der Waals surface area contributed by atoms with Gasteiger partial charge in [-0.1, -0.05) is 0 Å². The van der Waals surface area contributed by atoms with E-state index >= 15 is 0 Å². The van der Waals surface area contributed by atoms with Crippen LogP contribution in [0.3, 0.4) is 0 Å². The fourth-order valence-corrected chi connectivity index (χ4v) is 2.12. The Kier molecular flexibility index (Phi) is 5.13. The molecule has 2 rings (SSSR count). The molecule has 1 aliphatic rings. The standard InChI is InChI=1S/C14H21FN2O2/c1-11(16)13-10-12(15)2-3-14(13)19-9-6-17-4-7-18-8-5-17/h2-3,10-11H,4-9,16H2,1H3. The van der Waals surface area contributed by atoms with Crippen LogP contribution in [0.1, 0.15) is 18.5 Å². The van der Waals surface area contributed by atoms with Crippen molar-refractivity contribution in [2.75, 3.05) is 39.5 Å². The van der Waals surface area contributed by atoms with Crippen LogP contribution in [0.5, 0.6) is 5.75 Å². The Hall–Kier alpha value is -1.17. The number of morpholine rings is 1. The van der Waals surface area contributed by atoms with Crippen LogP contribution in [0.15, 0.2) is 18.2 Å². The van der Waals surface area contributed by atoms with E-state index in [4.69, 9.17) is 15.2 Å². The molecular formula is C14H21FN2O2. The van der Waals surface area contributed by atoms with Crippen LogP contribution < -0.4 is 10.5 Å². The van der Waals surface area contributed by atoms with Gasteiger partial charge >= 0.3 is 0 Å². The monoisotopic (exact) mass is 268 g/mol. The molecule has 0 bridgehead atoms. The van der Waals surface area contributed by atoms with Crippen molar-refractivity contribution in [3.63, 3.8) is 0 Å². The Bertz CT molecular complexity index is 406. The minimum atomic E-state index is -0.284. The maximum Gasteiger partial charge on any atom is 0.124 e. The van der Waals surface area contributed by atoms with E-state index < -0.39 is 0 Å². The van der Waals surface area contributed by atoms with Gasteiger partial charge in [-0.2, -0.15) is 0 Å². The van der Waals surface area contributed by atoms with E-state index in [1.54, 1.807) is 6.07 Å². The summed E-state index contributed by atoms with van der Waals surface area (Å²) in [5, 5.41) is 0. The molecular weight excluding hydrogens is 247 g/mol. The maximum atomic E-state index is 13.2. The van der Waals surface area contributed by atoms with Gasteiger partial charge in [-0.05, 0) is 25.1 Å². The van der Waals surface area contributed by atoms with Crippen LogP contribution in [0.2, 0.25) is 0 Å². The average Bonchev–Trinajstić information content (AvgIpc) is 2.41. The molecule has 4 nitrogen and oxygen atoms in total. The molecule has 0 aliphatic carbocycles. The Morgan fingerprint density at radius 1 is 1.42 bits per heavy atom. The van der Waals surface area contributed by atoms with Crippen LogP contribution in [0.4, 0.5) is 4.39 Å². The molecule has 0 aromatic heterocycles. The van der Waals surface area contributed by atoms with Crippen molar-refractivity contribution in [1.29, 1.82) is 0 Å². The summed E-state index contributed by atoms with van der Waals surface area (Å²) >= 11 is 0. The second-order valence-corrected chi connectivity index (χ2v) is 4.77. The fourth-order valence-electron chi connectivity index (χ4n) is 2.12. The Morgan fingerprint density at radius 3 is 2.84 bits per heavy atom. The smallest absolute Gasteiger partial charge is 0.124 e. The van der Waals surface area contributed by atoms with Crippen LogP contribution in [0.25, 0.3) is 0 Å². The zero-order valence-electron chi connectivity index (χ0n) is 11.3. The second kappa shape index (κ2) is 6.84. The van der Waals surface area contributed by atoms with Gasteiger partial charge in [0.25, 0.3) is 0 Å². The second-order valence-electron chi connectivity index (χ2n) is 4.77. The summed E-state index contributed by atoms with van der Waals surface area (Å²) in [6.45, 7) is 6.68. The zero-order chi connectivity index (χ0) is 13.7. The number of rotatable bonds is 5. The van der Waals surface area contributed by atoms with Gasteiger partial charge in [0.05, 0.1) is 13.2 Å². The number of nitrogens with two attached hydrogens (primary N) is 1. The highest BCUT2D eigenvalue weighted by atomic mass is 19.1. The number of ether oxygens (including phenoxy) is 2. The molecule has 2 N–H and O–H groups in total.